The fourth-order valence-electron chi connectivity index (χ4n) is 2.62. The molecule has 2 aromatic heterocycles. The van der Waals surface area contributed by atoms with Crippen molar-refractivity contribution < 1.29 is 9.26 Å². The van der Waals surface area contributed by atoms with Crippen LogP contribution in [0.2, 0.25) is 0 Å². The van der Waals surface area contributed by atoms with Crippen molar-refractivity contribution in [2.75, 3.05) is 30.3 Å². The Morgan fingerprint density at radius 2 is 2.04 bits per heavy atom. The number of hydrogen-bond donors (Lipinski definition) is 3. The molecule has 1 aliphatic rings. The number of aromatic nitrogens is 1. The van der Waals surface area contributed by atoms with E-state index in [2.05, 4.69) is 27.2 Å². The first-order valence-corrected chi connectivity index (χ1v) is 9.05. The van der Waals surface area contributed by atoms with Crippen LogP contribution in [-0.2, 0) is 4.74 Å². The third-order valence-corrected chi connectivity index (χ3v) is 4.90. The first-order chi connectivity index (χ1) is 12.8. The molecule has 1 saturated heterocycles. The third kappa shape index (κ3) is 3.86. The van der Waals surface area contributed by atoms with Gasteiger partial charge in [-0.3, -0.25) is 0 Å². The molecule has 0 spiro atoms. The van der Waals surface area contributed by atoms with E-state index in [9.17, 15) is 0 Å². The summed E-state index contributed by atoms with van der Waals surface area (Å²) in [6.45, 7) is 2.39. The summed E-state index contributed by atoms with van der Waals surface area (Å²) in [5, 5.41) is 22.8. The lowest BCUT2D eigenvalue weighted by atomic mass is 10.2. The Kier molecular flexibility index (Phi) is 4.84. The van der Waals surface area contributed by atoms with Gasteiger partial charge in [0, 0.05) is 30.5 Å². The Bertz CT molecular complexity index is 906. The van der Waals surface area contributed by atoms with E-state index < -0.39 is 0 Å². The number of rotatable bonds is 5. The van der Waals surface area contributed by atoms with E-state index in [1.165, 1.54) is 11.3 Å². The number of anilines is 3. The first-order valence-electron chi connectivity index (χ1n) is 8.23. The highest BCUT2D eigenvalue weighted by Gasteiger charge is 2.13. The van der Waals surface area contributed by atoms with Gasteiger partial charge in [-0.25, -0.2) is 0 Å². The minimum absolute atomic E-state index is 0.0107. The predicted octanol–water partition coefficient (Wildman–Crippen LogP) is 3.38. The number of benzene rings is 1. The number of nitriles is 1. The van der Waals surface area contributed by atoms with Crippen LogP contribution in [0.15, 0.2) is 47.0 Å². The molecule has 0 bridgehead atoms. The molecule has 3 heterocycles. The van der Waals surface area contributed by atoms with Gasteiger partial charge >= 0.3 is 0 Å². The molecular formula is C18H17N5O2S. The summed E-state index contributed by atoms with van der Waals surface area (Å²) in [6, 6.07) is 15.5. The lowest BCUT2D eigenvalue weighted by Gasteiger charge is -2.25. The Balaban J connectivity index is 1.39. The Morgan fingerprint density at radius 1 is 1.19 bits per heavy atom. The van der Waals surface area contributed by atoms with Gasteiger partial charge in [0.05, 0.1) is 11.5 Å². The van der Waals surface area contributed by atoms with Crippen molar-refractivity contribution in [2.45, 2.75) is 6.23 Å². The zero-order valence-electron chi connectivity index (χ0n) is 13.9. The second kappa shape index (κ2) is 7.58. The van der Waals surface area contributed by atoms with Crippen LogP contribution >= 0.6 is 11.3 Å². The quantitative estimate of drug-likeness (QED) is 0.636. The largest absolute Gasteiger partial charge is 0.359 e. The van der Waals surface area contributed by atoms with Crippen molar-refractivity contribution in [1.82, 2.24) is 10.5 Å². The van der Waals surface area contributed by atoms with Gasteiger partial charge in [-0.05, 0) is 36.4 Å². The molecule has 0 radical (unpaired) electrons. The van der Waals surface area contributed by atoms with Crippen molar-refractivity contribution in [2.24, 2.45) is 0 Å². The summed E-state index contributed by atoms with van der Waals surface area (Å²) in [5.74, 6) is 0.549. The number of morpholine rings is 1. The molecule has 0 saturated carbocycles. The molecule has 1 unspecified atom stereocenters. The van der Waals surface area contributed by atoms with Gasteiger partial charge in [0.1, 0.15) is 22.9 Å². The summed E-state index contributed by atoms with van der Waals surface area (Å²) in [4.78, 5) is 1.55. The first kappa shape index (κ1) is 16.6. The fraction of sp³-hybridized carbons (Fsp3) is 0.222. The van der Waals surface area contributed by atoms with Crippen LogP contribution in [0, 0.1) is 11.3 Å². The summed E-state index contributed by atoms with van der Waals surface area (Å²) < 4.78 is 11.0. The monoisotopic (exact) mass is 367 g/mol. The van der Waals surface area contributed by atoms with Crippen LogP contribution in [0.25, 0.3) is 10.6 Å². The molecule has 1 atom stereocenters. The van der Waals surface area contributed by atoms with Crippen molar-refractivity contribution in [1.29, 1.82) is 5.26 Å². The van der Waals surface area contributed by atoms with Crippen LogP contribution in [0.1, 0.15) is 4.88 Å². The van der Waals surface area contributed by atoms with Gasteiger partial charge in [-0.2, -0.15) is 5.26 Å². The Labute approximate surface area is 154 Å². The molecule has 132 valence electrons. The van der Waals surface area contributed by atoms with Gasteiger partial charge < -0.3 is 25.2 Å². The van der Waals surface area contributed by atoms with E-state index in [0.717, 1.165) is 29.3 Å². The number of nitrogens with zero attached hydrogens (tertiary/aromatic N) is 2. The number of ether oxygens (including phenoxy) is 1. The van der Waals surface area contributed by atoms with E-state index in [1.807, 2.05) is 36.4 Å². The molecule has 1 aromatic carbocycles. The highest BCUT2D eigenvalue weighted by Crippen LogP contribution is 2.29. The molecule has 7 nitrogen and oxygen atoms in total. The maximum absolute atomic E-state index is 8.91. The highest BCUT2D eigenvalue weighted by molar-refractivity contribution is 7.15. The zero-order valence-corrected chi connectivity index (χ0v) is 14.7. The minimum Gasteiger partial charge on any atom is -0.359 e. The van der Waals surface area contributed by atoms with Crippen molar-refractivity contribution in [3.8, 4) is 16.6 Å². The van der Waals surface area contributed by atoms with Crippen molar-refractivity contribution in [3.63, 3.8) is 0 Å². The van der Waals surface area contributed by atoms with Gasteiger partial charge in [-0.15, -0.1) is 11.3 Å². The van der Waals surface area contributed by atoms with E-state index in [1.54, 1.807) is 6.07 Å². The molecule has 1 fully saturated rings. The summed E-state index contributed by atoms with van der Waals surface area (Å²) >= 11 is 1.39. The van der Waals surface area contributed by atoms with E-state index in [4.69, 9.17) is 14.5 Å². The Hall–Kier alpha value is -2.86. The lowest BCUT2D eigenvalue weighted by molar-refractivity contribution is 0.0468. The van der Waals surface area contributed by atoms with Crippen LogP contribution < -0.4 is 16.0 Å². The number of thiophene rings is 1. The summed E-state index contributed by atoms with van der Waals surface area (Å²) in [5.41, 5.74) is 2.59. The summed E-state index contributed by atoms with van der Waals surface area (Å²) in [7, 11) is 0. The maximum atomic E-state index is 8.91. The van der Waals surface area contributed by atoms with Crippen LogP contribution in [0.4, 0.5) is 17.3 Å². The van der Waals surface area contributed by atoms with Crippen LogP contribution in [0.3, 0.4) is 0 Å². The molecule has 0 amide bonds. The number of nitrogens with one attached hydrogen (secondary N) is 3. The molecular weight excluding hydrogens is 350 g/mol. The van der Waals surface area contributed by atoms with Gasteiger partial charge in [0.15, 0.2) is 0 Å². The number of hydrogen-bond acceptors (Lipinski definition) is 8. The average Bonchev–Trinajstić information content (AvgIpc) is 3.33. The standard InChI is InChI=1S/C18H17N5O2S/c19-10-14-5-6-16(26-14)15-9-17(25-23-15)21-12-1-3-13(4-2-12)22-18-11-20-7-8-24-18/h1-6,9,18,20-22H,7-8,11H2. The van der Waals surface area contributed by atoms with E-state index >= 15 is 0 Å². The molecule has 8 heteroatoms. The van der Waals surface area contributed by atoms with Crippen LogP contribution in [-0.4, -0.2) is 31.1 Å². The van der Waals surface area contributed by atoms with Crippen molar-refractivity contribution in [3.05, 3.63) is 47.3 Å². The topological polar surface area (TPSA) is 95.1 Å². The second-order valence-electron chi connectivity index (χ2n) is 5.76. The zero-order chi connectivity index (χ0) is 17.8. The average molecular weight is 367 g/mol. The van der Waals surface area contributed by atoms with Gasteiger partial charge in [-0.1, -0.05) is 5.16 Å². The molecule has 3 aromatic rings. The summed E-state index contributed by atoms with van der Waals surface area (Å²) in [6.07, 6.45) is -0.0107. The molecule has 3 N–H and O–H groups in total. The second-order valence-corrected chi connectivity index (χ2v) is 6.85. The Morgan fingerprint density at radius 3 is 2.77 bits per heavy atom. The van der Waals surface area contributed by atoms with Gasteiger partial charge in [0.2, 0.25) is 5.88 Å². The lowest BCUT2D eigenvalue weighted by Crippen LogP contribution is -2.42. The van der Waals surface area contributed by atoms with Gasteiger partial charge in [0.25, 0.3) is 0 Å². The minimum atomic E-state index is -0.0107. The van der Waals surface area contributed by atoms with E-state index in [0.29, 0.717) is 23.1 Å². The third-order valence-electron chi connectivity index (χ3n) is 3.89. The molecule has 0 aliphatic carbocycles. The molecule has 4 rings (SSSR count). The predicted molar refractivity (Wildman–Crippen MR) is 100 cm³/mol. The molecule has 26 heavy (non-hydrogen) atoms. The SMILES string of the molecule is N#Cc1ccc(-c2cc(Nc3ccc(NC4CNCCO4)cc3)on2)s1. The van der Waals surface area contributed by atoms with Crippen molar-refractivity contribution >= 4 is 28.6 Å². The van der Waals surface area contributed by atoms with E-state index in [-0.39, 0.29) is 6.23 Å². The van der Waals surface area contributed by atoms with Crippen LogP contribution in [0.5, 0.6) is 0 Å². The fourth-order valence-corrected chi connectivity index (χ4v) is 3.38. The normalized spacial score (nSPS) is 16.8. The maximum Gasteiger partial charge on any atom is 0.229 e. The highest BCUT2D eigenvalue weighted by atomic mass is 32.1. The molecule has 1 aliphatic heterocycles. The smallest absolute Gasteiger partial charge is 0.229 e.